The van der Waals surface area contributed by atoms with E-state index in [1.807, 2.05) is 37.9 Å². The number of nitrogens with zero attached hydrogens (tertiary/aromatic N) is 4. The van der Waals surface area contributed by atoms with Crippen LogP contribution in [0.15, 0.2) is 61.5 Å². The molecule has 0 aliphatic carbocycles. The zero-order valence-electron chi connectivity index (χ0n) is 28.7. The number of fused-ring (bicyclic) bond motifs is 2. The van der Waals surface area contributed by atoms with E-state index in [9.17, 15) is 0 Å². The molecule has 0 aliphatic heterocycles. The second-order valence-corrected chi connectivity index (χ2v) is 33.2. The number of aromatic nitrogens is 4. The normalized spacial score (nSPS) is 11.3. The van der Waals surface area contributed by atoms with Crippen molar-refractivity contribution in [1.82, 2.24) is 17.5 Å². The second-order valence-electron chi connectivity index (χ2n) is 12.1. The van der Waals surface area contributed by atoms with Crippen molar-refractivity contribution in [3.05, 3.63) is 81.6 Å². The zero-order valence-corrected chi connectivity index (χ0v) is 41.8. The number of unbranched alkanes of at least 4 members (excludes halogenated alkanes) is 3. The van der Waals surface area contributed by atoms with E-state index in [-0.39, 0.29) is 7.43 Å². The standard InChI is InChI=1S/C14H6Cl2N2S3.C6Br2Cl2N2S.C4H3S.3C4H9.CH4.Sn/c15-11-9(7-3-1-5-19-7)13-14(18-21-17-13)10(12(11)16)8-4-2-6-20-8;7-1-3(9)4(10)2(8)6-5(1)11-13-12-6;1-2-4-5-3-1;3*1-3-4-2;;/h1-6H;;1-3H;3*1,3-4H2,2H3;1H4;. The van der Waals surface area contributed by atoms with Crippen molar-refractivity contribution in [3.63, 3.8) is 0 Å². The monoisotopic (exact) mass is 1120 g/mol. The van der Waals surface area contributed by atoms with Gasteiger partial charge in [0.05, 0.1) is 52.5 Å². The molecule has 4 nitrogen and oxygen atoms in total. The molecule has 7 aromatic rings. The molecule has 0 saturated heterocycles. The average Bonchev–Trinajstić information content (AvgIpc) is 4.01. The molecule has 0 amide bonds. The molecule has 0 atom stereocenters. The number of hydrogen-bond donors (Lipinski definition) is 0. The van der Waals surface area contributed by atoms with Crippen LogP contribution in [0.3, 0.4) is 0 Å². The number of rotatable bonds is 12. The Bertz CT molecular complexity index is 2020. The van der Waals surface area contributed by atoms with Gasteiger partial charge in [0.1, 0.15) is 22.1 Å². The van der Waals surface area contributed by atoms with Gasteiger partial charge in [0.25, 0.3) is 0 Å². The zero-order chi connectivity index (χ0) is 37.3. The smallest absolute Gasteiger partial charge is 0.121 e. The summed E-state index contributed by atoms with van der Waals surface area (Å²) in [5, 5.41) is 8.33. The van der Waals surface area contributed by atoms with Crippen LogP contribution in [-0.4, -0.2) is 35.9 Å². The maximum Gasteiger partial charge on any atom is 0.121 e. The van der Waals surface area contributed by atoms with Gasteiger partial charge in [0, 0.05) is 20.9 Å². The van der Waals surface area contributed by atoms with Crippen molar-refractivity contribution in [3.8, 4) is 20.9 Å². The van der Waals surface area contributed by atoms with E-state index in [1.165, 1.54) is 50.3 Å². The van der Waals surface area contributed by atoms with Crippen LogP contribution in [0.25, 0.3) is 42.9 Å². The third-order valence-electron chi connectivity index (χ3n) is 8.68. The van der Waals surface area contributed by atoms with Gasteiger partial charge in [0.15, 0.2) is 0 Å². The fraction of sp³-hybridized carbons (Fsp3) is 0.351. The van der Waals surface area contributed by atoms with E-state index in [0.717, 1.165) is 54.7 Å². The minimum absolute atomic E-state index is 0. The van der Waals surface area contributed by atoms with Crippen LogP contribution in [0.1, 0.15) is 66.7 Å². The summed E-state index contributed by atoms with van der Waals surface area (Å²) >= 11 is 37.2. The molecule has 0 aliphatic rings. The Balaban J connectivity index is 0.000000181. The molecule has 16 heteroatoms. The van der Waals surface area contributed by atoms with Crippen LogP contribution in [-0.2, 0) is 0 Å². The predicted molar refractivity (Wildman–Crippen MR) is 252 cm³/mol. The largest absolute Gasteiger partial charge is 0.172 e. The summed E-state index contributed by atoms with van der Waals surface area (Å²) in [6.45, 7) is 7.06. The van der Waals surface area contributed by atoms with Gasteiger partial charge in [-0.1, -0.05) is 66.0 Å². The Kier molecular flexibility index (Phi) is 19.3. The summed E-state index contributed by atoms with van der Waals surface area (Å²) in [6, 6.07) is 12.8. The first-order chi connectivity index (χ1) is 25.2. The molecule has 0 N–H and O–H groups in total. The van der Waals surface area contributed by atoms with Gasteiger partial charge in [-0.05, 0) is 54.8 Å². The van der Waals surface area contributed by atoms with Crippen LogP contribution in [0.4, 0.5) is 0 Å². The molecule has 0 bridgehead atoms. The maximum atomic E-state index is 6.56. The van der Waals surface area contributed by atoms with Crippen LogP contribution in [0, 0.1) is 0 Å². The third kappa shape index (κ3) is 10.8. The number of hydrogen-bond acceptors (Lipinski definition) is 9. The van der Waals surface area contributed by atoms with E-state index in [4.69, 9.17) is 46.4 Å². The molecule has 0 fully saturated rings. The summed E-state index contributed by atoms with van der Waals surface area (Å²) in [6.07, 6.45) is 8.55. The van der Waals surface area contributed by atoms with E-state index < -0.39 is 18.4 Å². The molecule has 0 radical (unpaired) electrons. The van der Waals surface area contributed by atoms with E-state index >= 15 is 0 Å². The molecule has 284 valence electrons. The molecule has 0 saturated carbocycles. The topological polar surface area (TPSA) is 51.6 Å². The maximum absolute atomic E-state index is 6.56. The molecule has 0 spiro atoms. The summed E-state index contributed by atoms with van der Waals surface area (Å²) in [5.41, 5.74) is 4.85. The third-order valence-corrected chi connectivity index (χ3v) is 34.5. The summed E-state index contributed by atoms with van der Waals surface area (Å²) < 4.78 is 25.1. The summed E-state index contributed by atoms with van der Waals surface area (Å²) in [5.74, 6) is 0. The van der Waals surface area contributed by atoms with Gasteiger partial charge in [-0.3, -0.25) is 0 Å². The van der Waals surface area contributed by atoms with Crippen LogP contribution >= 0.6 is 136 Å². The summed E-state index contributed by atoms with van der Waals surface area (Å²) in [4.78, 5) is 2.11. The van der Waals surface area contributed by atoms with Gasteiger partial charge in [-0.15, -0.1) is 22.7 Å². The minimum Gasteiger partial charge on any atom is -0.172 e. The fourth-order valence-electron chi connectivity index (χ4n) is 5.98. The van der Waals surface area contributed by atoms with Crippen molar-refractivity contribution >= 4 is 179 Å². The van der Waals surface area contributed by atoms with Crippen molar-refractivity contribution in [2.45, 2.75) is 80.0 Å². The predicted octanol–water partition coefficient (Wildman–Crippen LogP) is 17.4. The number of benzene rings is 2. The molecule has 7 rings (SSSR count). The minimum atomic E-state index is -2.01. The first-order valence-corrected chi connectivity index (χ1v) is 31.6. The SMILES string of the molecule is C.CCC[CH2][Sn]([CH2]CCC)([CH2]CCC)[c]1cccs1.Clc1c(Cl)c(-c2cccs2)c2nsnc2c1-c1cccs1.Clc1c(Cl)c(Br)c2nsnc2c1Br. The first-order valence-electron chi connectivity index (χ1n) is 16.9. The Morgan fingerprint density at radius 3 is 1.26 bits per heavy atom. The second kappa shape index (κ2) is 22.3. The molecule has 5 aromatic heterocycles. The number of halogens is 6. The Labute approximate surface area is 374 Å². The van der Waals surface area contributed by atoms with Crippen LogP contribution in [0.5, 0.6) is 0 Å². The first kappa shape index (κ1) is 45.8. The van der Waals surface area contributed by atoms with Gasteiger partial charge in [0.2, 0.25) is 0 Å². The average molecular weight is 1120 g/mol. The molecule has 2 aromatic carbocycles. The van der Waals surface area contributed by atoms with Crippen LogP contribution < -0.4 is 2.89 Å². The molecule has 5 heterocycles. The number of thiophene rings is 3. The van der Waals surface area contributed by atoms with Gasteiger partial charge in [-0.25, -0.2) is 0 Å². The van der Waals surface area contributed by atoms with Crippen LogP contribution in [0.2, 0.25) is 33.4 Å². The van der Waals surface area contributed by atoms with Crippen molar-refractivity contribution < 1.29 is 0 Å². The van der Waals surface area contributed by atoms with E-state index in [2.05, 4.69) is 99.0 Å². The Morgan fingerprint density at radius 1 is 0.547 bits per heavy atom. The van der Waals surface area contributed by atoms with E-state index in [1.54, 1.807) is 36.0 Å². The molecule has 53 heavy (non-hydrogen) atoms. The molecular weight excluding hydrogens is 1080 g/mol. The van der Waals surface area contributed by atoms with Gasteiger partial charge < -0.3 is 0 Å². The quantitative estimate of drug-likeness (QED) is 0.0695. The summed E-state index contributed by atoms with van der Waals surface area (Å²) in [7, 11) is 0. The Hall–Kier alpha value is 0.0987. The van der Waals surface area contributed by atoms with Crippen molar-refractivity contribution in [2.75, 3.05) is 0 Å². The van der Waals surface area contributed by atoms with Gasteiger partial charge >= 0.3 is 123 Å². The van der Waals surface area contributed by atoms with Crippen molar-refractivity contribution in [1.29, 1.82) is 0 Å². The Morgan fingerprint density at radius 2 is 0.925 bits per heavy atom. The molecule has 0 unspecified atom stereocenters. The fourth-order valence-corrected chi connectivity index (χ4v) is 31.0. The van der Waals surface area contributed by atoms with Crippen molar-refractivity contribution in [2.24, 2.45) is 0 Å². The van der Waals surface area contributed by atoms with E-state index in [0.29, 0.717) is 29.0 Å². The molecular formula is C37H40Br2Cl4N4S5Sn. The van der Waals surface area contributed by atoms with Gasteiger partial charge in [-0.2, -0.15) is 17.5 Å².